The van der Waals surface area contributed by atoms with Gasteiger partial charge in [0.05, 0.1) is 35.5 Å². The van der Waals surface area contributed by atoms with Gasteiger partial charge in [0, 0.05) is 10.8 Å². The zero-order valence-corrected chi connectivity index (χ0v) is 15.1. The van der Waals surface area contributed by atoms with Gasteiger partial charge in [-0.25, -0.2) is 0 Å². The summed E-state index contributed by atoms with van der Waals surface area (Å²) in [5, 5.41) is 0.267. The Hall–Kier alpha value is -1.00. The molecule has 4 rings (SSSR count). The third kappa shape index (κ3) is 3.11. The molecule has 0 spiro atoms. The van der Waals surface area contributed by atoms with Gasteiger partial charge in [0.2, 0.25) is 0 Å². The first-order chi connectivity index (χ1) is 11.7. The van der Waals surface area contributed by atoms with Crippen LogP contribution in [0, 0.1) is 5.92 Å². The van der Waals surface area contributed by atoms with Gasteiger partial charge in [-0.15, -0.1) is 23.4 Å². The molecular weight excluding hydrogens is 340 g/mol. The second-order valence-electron chi connectivity index (χ2n) is 6.53. The molecule has 2 nitrogen and oxygen atoms in total. The Morgan fingerprint density at radius 3 is 2.33 bits per heavy atom. The minimum atomic E-state index is 0.0341. The molecule has 4 heteroatoms. The van der Waals surface area contributed by atoms with E-state index in [0.717, 1.165) is 0 Å². The number of fused-ring (bicyclic) bond motifs is 2. The van der Waals surface area contributed by atoms with Crippen LogP contribution in [0.5, 0.6) is 0 Å². The topological polar surface area (TPSA) is 18.5 Å². The average Bonchev–Trinajstić information content (AvgIpc) is 3.11. The third-order valence-corrected chi connectivity index (χ3v) is 6.97. The largest absolute Gasteiger partial charge is 0.370 e. The highest BCUT2D eigenvalue weighted by molar-refractivity contribution is 8.00. The van der Waals surface area contributed by atoms with Crippen molar-refractivity contribution in [3.8, 4) is 0 Å². The van der Waals surface area contributed by atoms with Gasteiger partial charge >= 0.3 is 0 Å². The Balaban J connectivity index is 1.46. The monoisotopic (exact) mass is 360 g/mol. The van der Waals surface area contributed by atoms with Crippen molar-refractivity contribution in [3.05, 3.63) is 66.2 Å². The maximum atomic E-state index is 6.70. The summed E-state index contributed by atoms with van der Waals surface area (Å²) in [5.74, 6) is 0.328. The van der Waals surface area contributed by atoms with E-state index in [1.165, 1.54) is 10.5 Å². The molecule has 24 heavy (non-hydrogen) atoms. The van der Waals surface area contributed by atoms with E-state index in [9.17, 15) is 0 Å². The quantitative estimate of drug-likeness (QED) is 0.716. The van der Waals surface area contributed by atoms with E-state index in [0.29, 0.717) is 12.5 Å². The van der Waals surface area contributed by atoms with E-state index in [2.05, 4.69) is 43.3 Å². The highest BCUT2D eigenvalue weighted by Crippen LogP contribution is 2.49. The molecule has 2 saturated heterocycles. The third-order valence-electron chi connectivity index (χ3n) is 4.93. The summed E-state index contributed by atoms with van der Waals surface area (Å²) < 4.78 is 12.5. The lowest BCUT2D eigenvalue weighted by Gasteiger charge is -2.33. The Morgan fingerprint density at radius 1 is 1.00 bits per heavy atom. The fraction of sp³-hybridized carbons (Fsp3) is 0.400. The molecule has 0 unspecified atom stereocenters. The summed E-state index contributed by atoms with van der Waals surface area (Å²) in [6.07, 6.45) is 0.242. The van der Waals surface area contributed by atoms with Gasteiger partial charge in [0.15, 0.2) is 0 Å². The van der Waals surface area contributed by atoms with Crippen LogP contribution in [-0.2, 0) is 16.1 Å². The number of ether oxygens (including phenoxy) is 2. The SMILES string of the molecule is C[C@H]1[C@H]2O[C@@H]([C@@H]1OCc1ccccc1)[C@H](Sc1ccccc1)[C@H]2Cl. The summed E-state index contributed by atoms with van der Waals surface area (Å²) in [6, 6.07) is 20.7. The number of alkyl halides is 1. The van der Waals surface area contributed by atoms with Crippen molar-refractivity contribution in [1.29, 1.82) is 0 Å². The Kier molecular flexibility index (Phi) is 4.86. The van der Waals surface area contributed by atoms with Gasteiger partial charge in [0.25, 0.3) is 0 Å². The van der Waals surface area contributed by atoms with Crippen LogP contribution in [0.25, 0.3) is 0 Å². The van der Waals surface area contributed by atoms with Crippen molar-refractivity contribution in [2.45, 2.75) is 47.4 Å². The predicted molar refractivity (Wildman–Crippen MR) is 98.6 cm³/mol. The van der Waals surface area contributed by atoms with Gasteiger partial charge < -0.3 is 9.47 Å². The predicted octanol–water partition coefficient (Wildman–Crippen LogP) is 4.76. The number of thioether (sulfide) groups is 1. The van der Waals surface area contributed by atoms with Gasteiger partial charge in [-0.3, -0.25) is 0 Å². The number of hydrogen-bond acceptors (Lipinski definition) is 3. The van der Waals surface area contributed by atoms with Gasteiger partial charge in [-0.2, -0.15) is 0 Å². The minimum Gasteiger partial charge on any atom is -0.370 e. The van der Waals surface area contributed by atoms with E-state index in [-0.39, 0.29) is 28.9 Å². The summed E-state index contributed by atoms with van der Waals surface area (Å²) in [5.41, 5.74) is 1.20. The average molecular weight is 361 g/mol. The van der Waals surface area contributed by atoms with Crippen LogP contribution < -0.4 is 0 Å². The highest BCUT2D eigenvalue weighted by atomic mass is 35.5. The van der Waals surface area contributed by atoms with Crippen LogP contribution in [0.4, 0.5) is 0 Å². The lowest BCUT2D eigenvalue weighted by atomic mass is 9.87. The zero-order valence-electron chi connectivity index (χ0n) is 13.5. The van der Waals surface area contributed by atoms with Crippen molar-refractivity contribution in [2.24, 2.45) is 5.92 Å². The standard InChI is InChI=1S/C20H21ClO2S/c1-13-17-16(21)20(24-15-10-6-3-7-11-15)19(23-17)18(13)22-12-14-8-4-2-5-9-14/h2-11,13,16-20H,12H2,1H3/t13-,16-,17+,18+,19-,20+/m0/s1. The molecule has 6 atom stereocenters. The fourth-order valence-electron chi connectivity index (χ4n) is 3.67. The molecule has 0 radical (unpaired) electrons. The zero-order chi connectivity index (χ0) is 16.5. The summed E-state index contributed by atoms with van der Waals surface area (Å²) in [6.45, 7) is 2.82. The van der Waals surface area contributed by atoms with Crippen molar-refractivity contribution in [2.75, 3.05) is 0 Å². The number of hydrogen-bond donors (Lipinski definition) is 0. The van der Waals surface area contributed by atoms with E-state index in [1.807, 2.05) is 36.0 Å². The number of rotatable bonds is 5. The van der Waals surface area contributed by atoms with E-state index in [1.54, 1.807) is 0 Å². The smallest absolute Gasteiger partial charge is 0.0982 e. The first-order valence-electron chi connectivity index (χ1n) is 8.41. The van der Waals surface area contributed by atoms with Crippen LogP contribution in [0.3, 0.4) is 0 Å². The Morgan fingerprint density at radius 2 is 1.67 bits per heavy atom. The molecule has 0 aromatic heterocycles. The molecule has 0 saturated carbocycles. The van der Waals surface area contributed by atoms with Crippen LogP contribution in [-0.4, -0.2) is 28.9 Å². The van der Waals surface area contributed by atoms with Crippen LogP contribution in [0.1, 0.15) is 12.5 Å². The van der Waals surface area contributed by atoms with Gasteiger partial charge in [0.1, 0.15) is 0 Å². The van der Waals surface area contributed by atoms with E-state index >= 15 is 0 Å². The second kappa shape index (κ2) is 7.09. The molecule has 2 aromatic rings. The second-order valence-corrected chi connectivity index (χ2v) is 8.28. The molecule has 2 aliphatic heterocycles. The van der Waals surface area contributed by atoms with E-state index in [4.69, 9.17) is 21.1 Å². The van der Waals surface area contributed by atoms with Crippen LogP contribution in [0.2, 0.25) is 0 Å². The fourth-order valence-corrected chi connectivity index (χ4v) is 5.52. The molecule has 2 heterocycles. The molecule has 0 amide bonds. The van der Waals surface area contributed by atoms with Crippen molar-refractivity contribution >= 4 is 23.4 Å². The van der Waals surface area contributed by atoms with Crippen LogP contribution in [0.15, 0.2) is 65.6 Å². The number of benzene rings is 2. The maximum absolute atomic E-state index is 6.70. The summed E-state index contributed by atoms with van der Waals surface area (Å²) >= 11 is 8.51. The van der Waals surface area contributed by atoms with Gasteiger partial charge in [-0.05, 0) is 17.7 Å². The lowest BCUT2D eigenvalue weighted by molar-refractivity contribution is -0.0189. The van der Waals surface area contributed by atoms with Crippen molar-refractivity contribution in [1.82, 2.24) is 0 Å². The highest BCUT2D eigenvalue weighted by Gasteiger charge is 2.58. The van der Waals surface area contributed by atoms with Crippen molar-refractivity contribution in [3.63, 3.8) is 0 Å². The van der Waals surface area contributed by atoms with E-state index < -0.39 is 0 Å². The summed E-state index contributed by atoms with van der Waals surface area (Å²) in [4.78, 5) is 1.23. The Labute approximate surface area is 152 Å². The first kappa shape index (κ1) is 16.5. The Bertz CT molecular complexity index is 666. The number of halogens is 1. The molecule has 2 aliphatic rings. The van der Waals surface area contributed by atoms with Crippen LogP contribution >= 0.6 is 23.4 Å². The normalized spacial score (nSPS) is 34.6. The lowest BCUT2D eigenvalue weighted by Crippen LogP contribution is -2.46. The molecule has 0 aliphatic carbocycles. The summed E-state index contributed by atoms with van der Waals surface area (Å²) in [7, 11) is 0. The molecule has 2 fully saturated rings. The molecule has 2 aromatic carbocycles. The minimum absolute atomic E-state index is 0.0341. The molecule has 0 N–H and O–H groups in total. The van der Waals surface area contributed by atoms with Gasteiger partial charge in [-0.1, -0.05) is 55.5 Å². The molecule has 2 bridgehead atoms. The maximum Gasteiger partial charge on any atom is 0.0982 e. The molecular formula is C20H21ClO2S. The first-order valence-corrected chi connectivity index (χ1v) is 9.72. The van der Waals surface area contributed by atoms with Crippen molar-refractivity contribution < 1.29 is 9.47 Å². The molecule has 126 valence electrons.